The lowest BCUT2D eigenvalue weighted by atomic mass is 10.3. The molecule has 1 rings (SSSR count). The van der Waals surface area contributed by atoms with E-state index in [-0.39, 0.29) is 11.6 Å². The smallest absolute Gasteiger partial charge is 0.234 e. The van der Waals surface area contributed by atoms with E-state index in [0.29, 0.717) is 17.5 Å². The SMILES string of the molecule is CC(CCN)SCC(=O)Nc1ccccc1F. The molecule has 0 fully saturated rings. The quantitative estimate of drug-likeness (QED) is 0.820. The van der Waals surface area contributed by atoms with E-state index in [0.717, 1.165) is 6.42 Å². The molecule has 5 heteroatoms. The first-order valence-electron chi connectivity index (χ1n) is 5.49. The molecule has 17 heavy (non-hydrogen) atoms. The fraction of sp³-hybridized carbons (Fsp3) is 0.417. The predicted octanol–water partition coefficient (Wildman–Crippen LogP) is 2.23. The van der Waals surface area contributed by atoms with Crippen LogP contribution in [0.3, 0.4) is 0 Å². The zero-order valence-corrected chi connectivity index (χ0v) is 10.6. The summed E-state index contributed by atoms with van der Waals surface area (Å²) in [5, 5.41) is 2.88. The summed E-state index contributed by atoms with van der Waals surface area (Å²) in [5.74, 6) is -0.292. The first-order valence-corrected chi connectivity index (χ1v) is 6.54. The molecule has 1 aromatic rings. The molecule has 1 unspecified atom stereocenters. The minimum absolute atomic E-state index is 0.191. The van der Waals surface area contributed by atoms with Crippen molar-refractivity contribution < 1.29 is 9.18 Å². The fourth-order valence-corrected chi connectivity index (χ4v) is 2.10. The van der Waals surface area contributed by atoms with Crippen molar-refractivity contribution in [3.05, 3.63) is 30.1 Å². The van der Waals surface area contributed by atoms with Crippen LogP contribution < -0.4 is 11.1 Å². The molecule has 0 spiro atoms. The van der Waals surface area contributed by atoms with Gasteiger partial charge in [-0.15, -0.1) is 11.8 Å². The maximum atomic E-state index is 13.2. The highest BCUT2D eigenvalue weighted by molar-refractivity contribution is 8.00. The summed E-state index contributed by atoms with van der Waals surface area (Å²) in [6.45, 7) is 2.64. The Labute approximate surface area is 105 Å². The van der Waals surface area contributed by atoms with Gasteiger partial charge in [-0.25, -0.2) is 4.39 Å². The number of halogens is 1. The third-order valence-electron chi connectivity index (χ3n) is 2.22. The number of nitrogens with one attached hydrogen (secondary N) is 1. The number of carbonyl (C=O) groups is 1. The van der Waals surface area contributed by atoms with Crippen molar-refractivity contribution in [2.45, 2.75) is 18.6 Å². The van der Waals surface area contributed by atoms with Gasteiger partial charge in [0.2, 0.25) is 5.91 Å². The average Bonchev–Trinajstić information content (AvgIpc) is 2.30. The summed E-state index contributed by atoms with van der Waals surface area (Å²) in [5.41, 5.74) is 5.64. The van der Waals surface area contributed by atoms with Crippen LogP contribution in [0.1, 0.15) is 13.3 Å². The number of hydrogen-bond donors (Lipinski definition) is 2. The van der Waals surface area contributed by atoms with Crippen LogP contribution in [0.5, 0.6) is 0 Å². The second-order valence-corrected chi connectivity index (χ2v) is 5.15. The summed E-state index contributed by atoms with van der Waals surface area (Å²) in [4.78, 5) is 11.5. The first-order chi connectivity index (χ1) is 8.13. The minimum atomic E-state index is -0.416. The number of thioether (sulfide) groups is 1. The summed E-state index contributed by atoms with van der Waals surface area (Å²) in [7, 11) is 0. The molecule has 94 valence electrons. The molecular formula is C12H17FN2OS. The van der Waals surface area contributed by atoms with Crippen molar-refractivity contribution in [1.29, 1.82) is 0 Å². The number of nitrogens with two attached hydrogens (primary N) is 1. The number of rotatable bonds is 6. The Morgan fingerprint density at radius 3 is 2.88 bits per heavy atom. The highest BCUT2D eigenvalue weighted by Gasteiger charge is 2.08. The van der Waals surface area contributed by atoms with Crippen molar-refractivity contribution in [2.75, 3.05) is 17.6 Å². The zero-order valence-electron chi connectivity index (χ0n) is 9.78. The number of anilines is 1. The number of amides is 1. The van der Waals surface area contributed by atoms with E-state index in [1.807, 2.05) is 6.92 Å². The standard InChI is InChI=1S/C12H17FN2OS/c1-9(6-7-14)17-8-12(16)15-11-5-3-2-4-10(11)13/h2-5,9H,6-8,14H2,1H3,(H,15,16). The molecule has 1 atom stereocenters. The monoisotopic (exact) mass is 256 g/mol. The Hall–Kier alpha value is -1.07. The topological polar surface area (TPSA) is 55.1 Å². The minimum Gasteiger partial charge on any atom is -0.330 e. The van der Waals surface area contributed by atoms with Crippen molar-refractivity contribution in [3.8, 4) is 0 Å². The molecule has 0 saturated carbocycles. The van der Waals surface area contributed by atoms with Crippen LogP contribution in [-0.4, -0.2) is 23.5 Å². The Balaban J connectivity index is 2.37. The van der Waals surface area contributed by atoms with Crippen LogP contribution in [0.15, 0.2) is 24.3 Å². The van der Waals surface area contributed by atoms with E-state index in [9.17, 15) is 9.18 Å². The molecule has 1 aromatic carbocycles. The van der Waals surface area contributed by atoms with Crippen molar-refractivity contribution in [3.63, 3.8) is 0 Å². The summed E-state index contributed by atoms with van der Waals surface area (Å²) < 4.78 is 13.2. The Morgan fingerprint density at radius 2 is 2.24 bits per heavy atom. The summed E-state index contributed by atoms with van der Waals surface area (Å²) >= 11 is 1.52. The molecule has 3 N–H and O–H groups in total. The number of benzene rings is 1. The Kier molecular flexibility index (Phi) is 6.00. The highest BCUT2D eigenvalue weighted by Crippen LogP contribution is 2.16. The lowest BCUT2D eigenvalue weighted by Crippen LogP contribution is -2.17. The van der Waals surface area contributed by atoms with Gasteiger partial charge in [0, 0.05) is 5.25 Å². The molecule has 0 aliphatic rings. The number of carbonyl (C=O) groups excluding carboxylic acids is 1. The summed E-state index contributed by atoms with van der Waals surface area (Å²) in [6, 6.07) is 6.13. The third kappa shape index (κ3) is 5.19. The maximum Gasteiger partial charge on any atom is 0.234 e. The third-order valence-corrected chi connectivity index (χ3v) is 3.45. The average molecular weight is 256 g/mol. The van der Waals surface area contributed by atoms with Gasteiger partial charge in [0.1, 0.15) is 5.82 Å². The maximum absolute atomic E-state index is 13.2. The second-order valence-electron chi connectivity index (χ2n) is 3.73. The van der Waals surface area contributed by atoms with E-state index >= 15 is 0 Å². The van der Waals surface area contributed by atoms with Gasteiger partial charge >= 0.3 is 0 Å². The van der Waals surface area contributed by atoms with Crippen molar-refractivity contribution >= 4 is 23.4 Å². The molecule has 0 radical (unpaired) electrons. The van der Waals surface area contributed by atoms with Crippen molar-refractivity contribution in [2.24, 2.45) is 5.73 Å². The van der Waals surface area contributed by atoms with E-state index in [2.05, 4.69) is 5.32 Å². The van der Waals surface area contributed by atoms with Crippen LogP contribution in [0.2, 0.25) is 0 Å². The molecule has 0 heterocycles. The van der Waals surface area contributed by atoms with Gasteiger partial charge in [0.05, 0.1) is 11.4 Å². The normalized spacial score (nSPS) is 12.2. The molecule has 0 aliphatic heterocycles. The van der Waals surface area contributed by atoms with E-state index in [4.69, 9.17) is 5.73 Å². The summed E-state index contributed by atoms with van der Waals surface area (Å²) in [6.07, 6.45) is 0.873. The van der Waals surface area contributed by atoms with Gasteiger partial charge in [-0.1, -0.05) is 19.1 Å². The first kappa shape index (κ1) is 14.0. The molecule has 0 saturated heterocycles. The van der Waals surface area contributed by atoms with E-state index in [1.54, 1.807) is 18.2 Å². The molecule has 1 amide bonds. The zero-order chi connectivity index (χ0) is 12.7. The van der Waals surface area contributed by atoms with Crippen LogP contribution in [0.4, 0.5) is 10.1 Å². The van der Waals surface area contributed by atoms with Gasteiger partial charge in [-0.2, -0.15) is 0 Å². The molecule has 3 nitrogen and oxygen atoms in total. The lowest BCUT2D eigenvalue weighted by Gasteiger charge is -2.10. The van der Waals surface area contributed by atoms with Gasteiger partial charge in [-0.05, 0) is 25.1 Å². The second kappa shape index (κ2) is 7.29. The molecular weight excluding hydrogens is 239 g/mol. The van der Waals surface area contributed by atoms with E-state index < -0.39 is 5.82 Å². The van der Waals surface area contributed by atoms with Crippen LogP contribution in [0.25, 0.3) is 0 Å². The van der Waals surface area contributed by atoms with Gasteiger partial charge in [-0.3, -0.25) is 4.79 Å². The number of hydrogen-bond acceptors (Lipinski definition) is 3. The van der Waals surface area contributed by atoms with Crippen LogP contribution >= 0.6 is 11.8 Å². The highest BCUT2D eigenvalue weighted by atomic mass is 32.2. The largest absolute Gasteiger partial charge is 0.330 e. The van der Waals surface area contributed by atoms with Crippen LogP contribution in [-0.2, 0) is 4.79 Å². The van der Waals surface area contributed by atoms with E-state index in [1.165, 1.54) is 17.8 Å². The van der Waals surface area contributed by atoms with Gasteiger partial charge in [0.25, 0.3) is 0 Å². The lowest BCUT2D eigenvalue weighted by molar-refractivity contribution is -0.113. The Bertz CT molecular complexity index is 373. The van der Waals surface area contributed by atoms with Crippen molar-refractivity contribution in [1.82, 2.24) is 0 Å². The van der Waals surface area contributed by atoms with Gasteiger partial charge < -0.3 is 11.1 Å². The molecule has 0 aromatic heterocycles. The van der Waals surface area contributed by atoms with Gasteiger partial charge in [0.15, 0.2) is 0 Å². The fourth-order valence-electron chi connectivity index (χ4n) is 1.28. The number of para-hydroxylation sites is 1. The predicted molar refractivity (Wildman–Crippen MR) is 70.6 cm³/mol. The molecule has 0 aliphatic carbocycles. The molecule has 0 bridgehead atoms. The van der Waals surface area contributed by atoms with Crippen LogP contribution in [0, 0.1) is 5.82 Å². The Morgan fingerprint density at radius 1 is 1.53 bits per heavy atom.